The number of rotatable bonds is 5. The number of amides is 1. The Labute approximate surface area is 121 Å². The molecule has 106 valence electrons. The van der Waals surface area contributed by atoms with Crippen LogP contribution in [0.1, 0.15) is 30.0 Å². The minimum atomic E-state index is -0.229. The average Bonchev–Trinajstić information content (AvgIpc) is 2.41. The first-order valence-corrected chi connectivity index (χ1v) is 6.73. The van der Waals surface area contributed by atoms with Crippen LogP contribution in [-0.4, -0.2) is 5.91 Å². The summed E-state index contributed by atoms with van der Waals surface area (Å²) in [5.74, 6) is -0.229. The summed E-state index contributed by atoms with van der Waals surface area (Å²) in [5, 5.41) is 2.87. The third-order valence-electron chi connectivity index (χ3n) is 3.68. The van der Waals surface area contributed by atoms with Gasteiger partial charge in [-0.05, 0) is 67.2 Å². The molecule has 0 saturated heterocycles. The van der Waals surface area contributed by atoms with E-state index in [0.29, 0.717) is 11.1 Å². The van der Waals surface area contributed by atoms with E-state index >= 15 is 0 Å². The summed E-state index contributed by atoms with van der Waals surface area (Å²) >= 11 is 0. The number of aryl methyl sites for hydroxylation is 2. The number of allylic oxidation sites excluding steroid dienone is 1. The van der Waals surface area contributed by atoms with Crippen molar-refractivity contribution in [1.82, 2.24) is 0 Å². The van der Waals surface area contributed by atoms with Gasteiger partial charge < -0.3 is 5.32 Å². The Morgan fingerprint density at radius 2 is 1.55 bits per heavy atom. The maximum Gasteiger partial charge on any atom is 0.255 e. The molecule has 2 nitrogen and oxygen atoms in total. The van der Waals surface area contributed by atoms with Crippen molar-refractivity contribution < 1.29 is 4.79 Å². The Morgan fingerprint density at radius 1 is 1.05 bits per heavy atom. The van der Waals surface area contributed by atoms with E-state index in [4.69, 9.17) is 0 Å². The molecule has 0 heterocycles. The molecule has 0 aliphatic carbocycles. The standard InChI is InChI=1S/C18H23NO/c1-8-11(2)15(6)16(7)18(20)19-17-9-12(3)14(5)13(4)10-17/h9-10H,2,6-8H2,1,3-5H3,(H,19,20). The second-order valence-corrected chi connectivity index (χ2v) is 5.10. The molecule has 0 atom stereocenters. The molecule has 20 heavy (non-hydrogen) atoms. The Morgan fingerprint density at radius 3 is 2.00 bits per heavy atom. The van der Waals surface area contributed by atoms with E-state index in [-0.39, 0.29) is 5.91 Å². The van der Waals surface area contributed by atoms with Gasteiger partial charge in [0.05, 0.1) is 0 Å². The summed E-state index contributed by atoms with van der Waals surface area (Å²) in [7, 11) is 0. The van der Waals surface area contributed by atoms with Crippen molar-refractivity contribution in [3.8, 4) is 0 Å². The molecule has 1 N–H and O–H groups in total. The van der Waals surface area contributed by atoms with Gasteiger partial charge in [-0.25, -0.2) is 0 Å². The van der Waals surface area contributed by atoms with Crippen LogP contribution in [0.25, 0.3) is 0 Å². The molecule has 0 bridgehead atoms. The lowest BCUT2D eigenvalue weighted by atomic mass is 9.99. The summed E-state index contributed by atoms with van der Waals surface area (Å²) in [6.45, 7) is 19.7. The van der Waals surface area contributed by atoms with Crippen LogP contribution in [0.4, 0.5) is 5.69 Å². The van der Waals surface area contributed by atoms with Gasteiger partial charge in [-0.3, -0.25) is 4.79 Å². The van der Waals surface area contributed by atoms with Gasteiger partial charge in [-0.2, -0.15) is 0 Å². The molecule has 0 aromatic heterocycles. The van der Waals surface area contributed by atoms with Crippen LogP contribution in [0.15, 0.2) is 48.6 Å². The fourth-order valence-corrected chi connectivity index (χ4v) is 1.88. The van der Waals surface area contributed by atoms with Gasteiger partial charge in [0.1, 0.15) is 0 Å². The summed E-state index contributed by atoms with van der Waals surface area (Å²) in [6, 6.07) is 3.93. The Bertz CT molecular complexity index is 570. The van der Waals surface area contributed by atoms with Gasteiger partial charge in [0.15, 0.2) is 0 Å². The molecule has 1 amide bonds. The quantitative estimate of drug-likeness (QED) is 0.613. The Balaban J connectivity index is 2.89. The second-order valence-electron chi connectivity index (χ2n) is 5.10. The lowest BCUT2D eigenvalue weighted by Crippen LogP contribution is -2.15. The number of carbonyl (C=O) groups excluding carboxylic acids is 1. The summed E-state index contributed by atoms with van der Waals surface area (Å²) < 4.78 is 0. The van der Waals surface area contributed by atoms with Crippen LogP contribution in [0.3, 0.4) is 0 Å². The van der Waals surface area contributed by atoms with E-state index in [9.17, 15) is 4.79 Å². The van der Waals surface area contributed by atoms with Crippen LogP contribution in [0, 0.1) is 20.8 Å². The molecule has 0 radical (unpaired) electrons. The van der Waals surface area contributed by atoms with E-state index in [1.807, 2.05) is 32.9 Å². The highest BCUT2D eigenvalue weighted by Crippen LogP contribution is 2.22. The molecular formula is C18H23NO. The van der Waals surface area contributed by atoms with Crippen molar-refractivity contribution in [2.75, 3.05) is 5.32 Å². The first kappa shape index (κ1) is 16.0. The van der Waals surface area contributed by atoms with Crippen LogP contribution in [0.2, 0.25) is 0 Å². The summed E-state index contributed by atoms with van der Waals surface area (Å²) in [4.78, 5) is 12.2. The average molecular weight is 269 g/mol. The Hall–Kier alpha value is -2.09. The predicted molar refractivity (Wildman–Crippen MR) is 87.0 cm³/mol. The minimum Gasteiger partial charge on any atom is -0.322 e. The second kappa shape index (κ2) is 6.38. The number of hydrogen-bond donors (Lipinski definition) is 1. The van der Waals surface area contributed by atoms with Gasteiger partial charge in [0, 0.05) is 11.3 Å². The first-order chi connectivity index (χ1) is 9.27. The van der Waals surface area contributed by atoms with Gasteiger partial charge in [0.25, 0.3) is 5.91 Å². The normalized spacial score (nSPS) is 10.0. The minimum absolute atomic E-state index is 0.229. The third-order valence-corrected chi connectivity index (χ3v) is 3.68. The summed E-state index contributed by atoms with van der Waals surface area (Å²) in [6.07, 6.45) is 0.758. The predicted octanol–water partition coefficient (Wildman–Crippen LogP) is 4.63. The molecule has 1 aromatic carbocycles. The van der Waals surface area contributed by atoms with Crippen LogP contribution in [-0.2, 0) is 4.79 Å². The van der Waals surface area contributed by atoms with E-state index < -0.39 is 0 Å². The van der Waals surface area contributed by atoms with Gasteiger partial charge in [-0.15, -0.1) is 0 Å². The SMILES string of the molecule is C=C(CC)C(=C)C(=C)C(=O)Nc1cc(C)c(C)c(C)c1. The van der Waals surface area contributed by atoms with Gasteiger partial charge in [0.2, 0.25) is 0 Å². The number of nitrogens with one attached hydrogen (secondary N) is 1. The van der Waals surface area contributed by atoms with Crippen molar-refractivity contribution in [1.29, 1.82) is 0 Å². The Kier molecular flexibility index (Phi) is 5.09. The van der Waals surface area contributed by atoms with E-state index in [1.165, 1.54) is 5.56 Å². The molecule has 0 fully saturated rings. The van der Waals surface area contributed by atoms with Gasteiger partial charge in [-0.1, -0.05) is 26.7 Å². The maximum atomic E-state index is 12.2. The molecule has 1 rings (SSSR count). The fourth-order valence-electron chi connectivity index (χ4n) is 1.88. The van der Waals surface area contributed by atoms with Crippen LogP contribution < -0.4 is 5.32 Å². The number of hydrogen-bond acceptors (Lipinski definition) is 1. The highest BCUT2D eigenvalue weighted by Gasteiger charge is 2.13. The number of carbonyl (C=O) groups is 1. The zero-order valence-electron chi connectivity index (χ0n) is 12.9. The van der Waals surface area contributed by atoms with Crippen molar-refractivity contribution in [2.24, 2.45) is 0 Å². The zero-order valence-corrected chi connectivity index (χ0v) is 12.9. The highest BCUT2D eigenvalue weighted by atomic mass is 16.1. The number of benzene rings is 1. The molecule has 1 aromatic rings. The topological polar surface area (TPSA) is 29.1 Å². The first-order valence-electron chi connectivity index (χ1n) is 6.73. The molecule has 2 heteroatoms. The van der Waals surface area contributed by atoms with Crippen molar-refractivity contribution >= 4 is 11.6 Å². The summed E-state index contributed by atoms with van der Waals surface area (Å²) in [5.41, 5.74) is 6.15. The van der Waals surface area contributed by atoms with E-state index in [0.717, 1.165) is 28.8 Å². The van der Waals surface area contributed by atoms with E-state index in [2.05, 4.69) is 32.0 Å². The third kappa shape index (κ3) is 3.47. The number of anilines is 1. The molecule has 0 saturated carbocycles. The molecular weight excluding hydrogens is 246 g/mol. The van der Waals surface area contributed by atoms with E-state index in [1.54, 1.807) is 0 Å². The molecule has 0 aliphatic rings. The lowest BCUT2D eigenvalue weighted by molar-refractivity contribution is -0.112. The lowest BCUT2D eigenvalue weighted by Gasteiger charge is -2.13. The molecule has 0 aliphatic heterocycles. The van der Waals surface area contributed by atoms with Crippen molar-refractivity contribution in [3.05, 3.63) is 65.3 Å². The van der Waals surface area contributed by atoms with Crippen LogP contribution >= 0.6 is 0 Å². The zero-order chi connectivity index (χ0) is 15.4. The van der Waals surface area contributed by atoms with Crippen LogP contribution in [0.5, 0.6) is 0 Å². The van der Waals surface area contributed by atoms with Crippen molar-refractivity contribution in [3.63, 3.8) is 0 Å². The molecule has 0 unspecified atom stereocenters. The van der Waals surface area contributed by atoms with Crippen molar-refractivity contribution in [2.45, 2.75) is 34.1 Å². The van der Waals surface area contributed by atoms with Gasteiger partial charge >= 0.3 is 0 Å². The maximum absolute atomic E-state index is 12.2. The highest BCUT2D eigenvalue weighted by molar-refractivity contribution is 6.07. The smallest absolute Gasteiger partial charge is 0.255 e. The fraction of sp³-hybridized carbons (Fsp3) is 0.278. The molecule has 0 spiro atoms. The largest absolute Gasteiger partial charge is 0.322 e. The monoisotopic (exact) mass is 269 g/mol.